The minimum absolute atomic E-state index is 0.0363. The number of fused-ring (bicyclic) bond motifs is 4. The van der Waals surface area contributed by atoms with Crippen molar-refractivity contribution in [2.75, 3.05) is 19.7 Å². The molecule has 6 rings (SSSR count). The fourth-order valence-electron chi connectivity index (χ4n) is 5.62. The quantitative estimate of drug-likeness (QED) is 0.757. The minimum Gasteiger partial charge on any atom is -0.481 e. The topological polar surface area (TPSA) is 95.9 Å². The van der Waals surface area contributed by atoms with Crippen LogP contribution in [0.5, 0.6) is 0 Å². The van der Waals surface area contributed by atoms with Crippen LogP contribution in [0.1, 0.15) is 36.3 Å². The van der Waals surface area contributed by atoms with Crippen molar-refractivity contribution >= 4 is 18.0 Å². The fraction of sp³-hybridized carbons (Fsp3) is 0.400. The molecule has 1 saturated heterocycles. The van der Waals surface area contributed by atoms with Gasteiger partial charge in [0, 0.05) is 19.0 Å². The Kier molecular flexibility index (Phi) is 3.97. The van der Waals surface area contributed by atoms with Gasteiger partial charge in [-0.25, -0.2) is 4.79 Å². The zero-order chi connectivity index (χ0) is 22.1. The van der Waals surface area contributed by atoms with E-state index < -0.39 is 23.0 Å². The molecule has 0 bridgehead atoms. The van der Waals surface area contributed by atoms with Crippen LogP contribution < -0.4 is 5.32 Å². The van der Waals surface area contributed by atoms with Crippen molar-refractivity contribution in [2.45, 2.75) is 30.7 Å². The maximum Gasteiger partial charge on any atom is 0.408 e. The number of carboxylic acids is 1. The first-order valence-electron chi connectivity index (χ1n) is 11.1. The number of hydrogen-bond donors (Lipinski definition) is 2. The largest absolute Gasteiger partial charge is 0.481 e. The Hall–Kier alpha value is -3.35. The number of ether oxygens (including phenoxy) is 1. The summed E-state index contributed by atoms with van der Waals surface area (Å²) in [6, 6.07) is 16.3. The van der Waals surface area contributed by atoms with Gasteiger partial charge in [0.1, 0.15) is 12.1 Å². The molecule has 2 aromatic rings. The lowest BCUT2D eigenvalue weighted by Crippen LogP contribution is -2.51. The van der Waals surface area contributed by atoms with Crippen molar-refractivity contribution in [1.29, 1.82) is 0 Å². The molecule has 164 valence electrons. The normalized spacial score (nSPS) is 26.0. The van der Waals surface area contributed by atoms with E-state index in [2.05, 4.69) is 29.6 Å². The van der Waals surface area contributed by atoms with Crippen molar-refractivity contribution in [3.63, 3.8) is 0 Å². The van der Waals surface area contributed by atoms with Crippen LogP contribution in [-0.4, -0.2) is 53.2 Å². The van der Waals surface area contributed by atoms with Gasteiger partial charge in [-0.2, -0.15) is 0 Å². The van der Waals surface area contributed by atoms with E-state index >= 15 is 0 Å². The number of carbonyl (C=O) groups excluding carboxylic acids is 2. The molecule has 2 atom stereocenters. The Morgan fingerprint density at radius 1 is 1.03 bits per heavy atom. The number of hydrogen-bond acceptors (Lipinski definition) is 4. The molecule has 3 aliphatic carbocycles. The number of carboxylic acid groups (broad SMARTS) is 1. The number of aliphatic carboxylic acids is 1. The number of alkyl carbamates (subject to hydrolysis) is 1. The first-order chi connectivity index (χ1) is 15.4. The third kappa shape index (κ3) is 2.76. The number of benzene rings is 2. The van der Waals surface area contributed by atoms with E-state index in [1.54, 1.807) is 4.90 Å². The Morgan fingerprint density at radius 2 is 1.66 bits per heavy atom. The molecule has 1 aliphatic heterocycles. The lowest BCUT2D eigenvalue weighted by Gasteiger charge is -2.26. The monoisotopic (exact) mass is 432 g/mol. The smallest absolute Gasteiger partial charge is 0.408 e. The zero-order valence-electron chi connectivity index (χ0n) is 17.5. The molecule has 7 nitrogen and oxygen atoms in total. The Morgan fingerprint density at radius 3 is 2.22 bits per heavy atom. The van der Waals surface area contributed by atoms with Crippen LogP contribution in [0.15, 0.2) is 48.5 Å². The Labute approximate surface area is 185 Å². The van der Waals surface area contributed by atoms with Gasteiger partial charge in [0.15, 0.2) is 0 Å². The van der Waals surface area contributed by atoms with E-state index in [1.807, 2.05) is 24.3 Å². The lowest BCUT2D eigenvalue weighted by atomic mass is 9.98. The highest BCUT2D eigenvalue weighted by Gasteiger charge is 2.68. The van der Waals surface area contributed by atoms with E-state index in [0.717, 1.165) is 22.3 Å². The summed E-state index contributed by atoms with van der Waals surface area (Å²) < 4.78 is 5.60. The van der Waals surface area contributed by atoms with E-state index in [4.69, 9.17) is 4.74 Å². The third-order valence-corrected chi connectivity index (χ3v) is 7.70. The standard InChI is InChI=1S/C25H24N2O5/c28-21(27-12-15-11-24(15,14-27)22(29)30)25(9-10-25)26-23(31)32-13-20-18-7-3-1-5-16(18)17-6-2-4-8-19(17)20/h1-8,15,20H,9-14H2,(H,26,31)(H,29,30). The molecule has 2 amide bonds. The summed E-state index contributed by atoms with van der Waals surface area (Å²) >= 11 is 0. The van der Waals surface area contributed by atoms with Crippen molar-refractivity contribution in [2.24, 2.45) is 11.3 Å². The summed E-state index contributed by atoms with van der Waals surface area (Å²) in [5.74, 6) is -1.01. The molecule has 32 heavy (non-hydrogen) atoms. The molecular formula is C25H24N2O5. The van der Waals surface area contributed by atoms with Crippen LogP contribution in [0.2, 0.25) is 0 Å². The highest BCUT2D eigenvalue weighted by Crippen LogP contribution is 2.58. The van der Waals surface area contributed by atoms with Crippen molar-refractivity contribution in [1.82, 2.24) is 10.2 Å². The summed E-state index contributed by atoms with van der Waals surface area (Å²) in [7, 11) is 0. The van der Waals surface area contributed by atoms with Gasteiger partial charge >= 0.3 is 12.1 Å². The predicted molar refractivity (Wildman–Crippen MR) is 115 cm³/mol. The number of nitrogens with zero attached hydrogens (tertiary/aromatic N) is 1. The molecule has 0 spiro atoms. The average Bonchev–Trinajstić information content (AvgIpc) is 3.66. The van der Waals surface area contributed by atoms with Crippen molar-refractivity contribution in [3.8, 4) is 11.1 Å². The van der Waals surface area contributed by atoms with E-state index in [0.29, 0.717) is 25.8 Å². The zero-order valence-corrected chi connectivity index (χ0v) is 17.5. The summed E-state index contributed by atoms with van der Waals surface area (Å²) in [4.78, 5) is 38.8. The van der Waals surface area contributed by atoms with E-state index in [1.165, 1.54) is 0 Å². The number of amides is 2. The maximum atomic E-state index is 13.0. The highest BCUT2D eigenvalue weighted by atomic mass is 16.5. The summed E-state index contributed by atoms with van der Waals surface area (Å²) in [5.41, 5.74) is 2.87. The van der Waals surface area contributed by atoms with Gasteiger partial charge in [0.05, 0.1) is 5.41 Å². The van der Waals surface area contributed by atoms with Crippen LogP contribution in [0, 0.1) is 11.3 Å². The Balaban J connectivity index is 1.11. The second kappa shape index (κ2) is 6.58. The fourth-order valence-corrected chi connectivity index (χ4v) is 5.62. The van der Waals surface area contributed by atoms with E-state index in [-0.39, 0.29) is 30.9 Å². The minimum atomic E-state index is -0.945. The molecule has 7 heteroatoms. The molecule has 1 heterocycles. The van der Waals surface area contributed by atoms with Crippen LogP contribution >= 0.6 is 0 Å². The first kappa shape index (κ1) is 19.3. The first-order valence-corrected chi connectivity index (χ1v) is 11.1. The summed E-state index contributed by atoms with van der Waals surface area (Å²) in [5, 5.41) is 12.3. The molecular weight excluding hydrogens is 408 g/mol. The Bertz CT molecular complexity index is 1110. The van der Waals surface area contributed by atoms with Gasteiger partial charge < -0.3 is 20.1 Å². The molecule has 2 unspecified atom stereocenters. The van der Waals surface area contributed by atoms with Gasteiger partial charge in [-0.1, -0.05) is 48.5 Å². The number of likely N-dealkylation sites (tertiary alicyclic amines) is 1. The van der Waals surface area contributed by atoms with Crippen molar-refractivity contribution in [3.05, 3.63) is 59.7 Å². The van der Waals surface area contributed by atoms with Crippen LogP contribution in [0.25, 0.3) is 11.1 Å². The van der Waals surface area contributed by atoms with Crippen LogP contribution in [-0.2, 0) is 14.3 Å². The van der Waals surface area contributed by atoms with Gasteiger partial charge in [-0.3, -0.25) is 9.59 Å². The molecule has 4 aliphatic rings. The molecule has 0 aromatic heterocycles. The third-order valence-electron chi connectivity index (χ3n) is 7.70. The SMILES string of the molecule is O=C(NC1(C(=O)N2CC3CC3(C(=O)O)C2)CC1)OCC1c2ccccc2-c2ccccc21. The maximum absolute atomic E-state index is 13.0. The molecule has 2 N–H and O–H groups in total. The van der Waals surface area contributed by atoms with Gasteiger partial charge in [0.2, 0.25) is 5.91 Å². The van der Waals surface area contributed by atoms with E-state index in [9.17, 15) is 19.5 Å². The second-order valence-corrected chi connectivity index (χ2v) is 9.58. The second-order valence-electron chi connectivity index (χ2n) is 9.58. The van der Waals surface area contributed by atoms with Crippen molar-refractivity contribution < 1.29 is 24.2 Å². The number of nitrogens with one attached hydrogen (secondary N) is 1. The van der Waals surface area contributed by atoms with Crippen LogP contribution in [0.4, 0.5) is 4.79 Å². The molecule has 2 saturated carbocycles. The average molecular weight is 432 g/mol. The molecule has 2 aromatic carbocycles. The number of piperidine rings is 1. The van der Waals surface area contributed by atoms with Gasteiger partial charge in [0.25, 0.3) is 0 Å². The van der Waals surface area contributed by atoms with Gasteiger partial charge in [-0.15, -0.1) is 0 Å². The summed E-state index contributed by atoms with van der Waals surface area (Å²) in [6.07, 6.45) is 1.14. The number of carbonyl (C=O) groups is 3. The lowest BCUT2D eigenvalue weighted by molar-refractivity contribution is -0.144. The molecule has 3 fully saturated rings. The van der Waals surface area contributed by atoms with Crippen LogP contribution in [0.3, 0.4) is 0 Å². The molecule has 0 radical (unpaired) electrons. The highest BCUT2D eigenvalue weighted by molar-refractivity contribution is 5.94. The van der Waals surface area contributed by atoms with Gasteiger partial charge in [-0.05, 0) is 47.4 Å². The number of rotatable bonds is 5. The predicted octanol–water partition coefficient (Wildman–Crippen LogP) is 2.99. The summed E-state index contributed by atoms with van der Waals surface area (Å²) in [6.45, 7) is 0.886.